The molecule has 160 valence electrons. The van der Waals surface area contributed by atoms with E-state index in [2.05, 4.69) is 15.5 Å². The molecule has 0 radical (unpaired) electrons. The van der Waals surface area contributed by atoms with Crippen molar-refractivity contribution in [2.45, 2.75) is 63.7 Å². The highest BCUT2D eigenvalue weighted by molar-refractivity contribution is 7.90. The van der Waals surface area contributed by atoms with Crippen molar-refractivity contribution in [1.82, 2.24) is 15.5 Å². The Kier molecular flexibility index (Phi) is 6.99. The van der Waals surface area contributed by atoms with Crippen LogP contribution in [0.1, 0.15) is 58.5 Å². The number of sulfone groups is 1. The molecule has 1 atom stereocenters. The van der Waals surface area contributed by atoms with Crippen molar-refractivity contribution in [3.63, 3.8) is 0 Å². The number of hydrogen-bond donors (Lipinski definition) is 1. The number of carbonyl (C=O) groups excluding carboxylic acids is 1. The maximum Gasteiger partial charge on any atom is 0.408 e. The topological polar surface area (TPSA) is 111 Å². The lowest BCUT2D eigenvalue weighted by atomic mass is 10.0. The van der Waals surface area contributed by atoms with Gasteiger partial charge in [0.05, 0.1) is 5.75 Å². The second-order valence-corrected chi connectivity index (χ2v) is 9.99. The number of aromatic nitrogens is 2. The van der Waals surface area contributed by atoms with Crippen LogP contribution < -0.4 is 5.32 Å². The first kappa shape index (κ1) is 22.8. The molecule has 8 nitrogen and oxygen atoms in total. The van der Waals surface area contributed by atoms with Crippen LogP contribution in [0.2, 0.25) is 0 Å². The van der Waals surface area contributed by atoms with E-state index in [0.717, 1.165) is 0 Å². The number of alkyl carbamates (subject to hydrolysis) is 1. The van der Waals surface area contributed by atoms with E-state index < -0.39 is 44.4 Å². The fraction of sp³-hybridized carbons (Fsp3) is 0.526. The van der Waals surface area contributed by atoms with Gasteiger partial charge in [0.1, 0.15) is 17.5 Å². The Balaban J connectivity index is 2.20. The number of rotatable bonds is 7. The van der Waals surface area contributed by atoms with Crippen LogP contribution in [-0.2, 0) is 20.3 Å². The van der Waals surface area contributed by atoms with Crippen LogP contribution in [0.3, 0.4) is 0 Å². The Bertz CT molecular complexity index is 933. The Labute approximate surface area is 169 Å². The summed E-state index contributed by atoms with van der Waals surface area (Å²) < 4.78 is 48.7. The summed E-state index contributed by atoms with van der Waals surface area (Å²) in [6.07, 6.45) is -0.226. The number of halogens is 1. The molecule has 10 heteroatoms. The summed E-state index contributed by atoms with van der Waals surface area (Å²) in [5.41, 5.74) is -0.304. The minimum absolute atomic E-state index is 0.0257. The standard InChI is InChI=1S/C19H26FN3O5S/c1-12(2)10-15(21-17(24)28-19(3,4)5)16-22-23-18(27-16)29(25,26)11-13-6-8-14(20)9-7-13/h6-9,12,15H,10-11H2,1-5H3,(H,21,24)/t15-/m1/s1. The van der Waals surface area contributed by atoms with Gasteiger partial charge in [-0.1, -0.05) is 31.1 Å². The molecule has 0 fully saturated rings. The lowest BCUT2D eigenvalue weighted by Gasteiger charge is -2.22. The van der Waals surface area contributed by atoms with E-state index in [1.807, 2.05) is 13.8 Å². The molecule has 1 heterocycles. The maximum absolute atomic E-state index is 13.0. The predicted octanol–water partition coefficient (Wildman–Crippen LogP) is 3.79. The van der Waals surface area contributed by atoms with Gasteiger partial charge < -0.3 is 14.5 Å². The van der Waals surface area contributed by atoms with Crippen LogP contribution in [0.15, 0.2) is 33.9 Å². The molecule has 2 rings (SSSR count). The molecule has 0 aliphatic carbocycles. The summed E-state index contributed by atoms with van der Waals surface area (Å²) in [7, 11) is -3.93. The normalized spacial score (nSPS) is 13.3. The number of carbonyl (C=O) groups is 1. The molecule has 0 saturated carbocycles. The van der Waals surface area contributed by atoms with E-state index >= 15 is 0 Å². The second kappa shape index (κ2) is 8.89. The largest absolute Gasteiger partial charge is 0.444 e. The van der Waals surface area contributed by atoms with Crippen molar-refractivity contribution in [3.8, 4) is 0 Å². The minimum Gasteiger partial charge on any atom is -0.444 e. The molecule has 29 heavy (non-hydrogen) atoms. The van der Waals surface area contributed by atoms with Gasteiger partial charge in [0.2, 0.25) is 15.7 Å². The number of ether oxygens (including phenoxy) is 1. The van der Waals surface area contributed by atoms with E-state index in [0.29, 0.717) is 12.0 Å². The Morgan fingerprint density at radius 1 is 1.21 bits per heavy atom. The van der Waals surface area contributed by atoms with Crippen LogP contribution in [-0.4, -0.2) is 30.3 Å². The fourth-order valence-electron chi connectivity index (χ4n) is 2.49. The van der Waals surface area contributed by atoms with Crippen molar-refractivity contribution in [3.05, 3.63) is 41.5 Å². The van der Waals surface area contributed by atoms with Crippen LogP contribution in [0.25, 0.3) is 0 Å². The summed E-state index contributed by atoms with van der Waals surface area (Å²) in [4.78, 5) is 12.1. The third kappa shape index (κ3) is 7.12. The lowest BCUT2D eigenvalue weighted by molar-refractivity contribution is 0.0487. The molecule has 0 spiro atoms. The quantitative estimate of drug-likeness (QED) is 0.715. The smallest absolute Gasteiger partial charge is 0.408 e. The second-order valence-electron chi connectivity index (χ2n) is 8.12. The molecule has 1 N–H and O–H groups in total. The van der Waals surface area contributed by atoms with Gasteiger partial charge in [-0.25, -0.2) is 17.6 Å². The highest BCUT2D eigenvalue weighted by Crippen LogP contribution is 2.24. The molecular weight excluding hydrogens is 401 g/mol. The summed E-state index contributed by atoms with van der Waals surface area (Å²) in [5, 5.41) is 9.55. The van der Waals surface area contributed by atoms with Crippen LogP contribution in [0.4, 0.5) is 9.18 Å². The average molecular weight is 427 g/mol. The Morgan fingerprint density at radius 2 is 1.83 bits per heavy atom. The van der Waals surface area contributed by atoms with Crippen molar-refractivity contribution < 1.29 is 26.8 Å². The first-order chi connectivity index (χ1) is 13.4. The van der Waals surface area contributed by atoms with Gasteiger partial charge >= 0.3 is 11.3 Å². The fourth-order valence-corrected chi connectivity index (χ4v) is 3.62. The van der Waals surface area contributed by atoms with Gasteiger partial charge in [0.15, 0.2) is 0 Å². The highest BCUT2D eigenvalue weighted by Gasteiger charge is 2.29. The number of nitrogens with one attached hydrogen (secondary N) is 1. The van der Waals surface area contributed by atoms with Gasteiger partial charge in [-0.2, -0.15) is 0 Å². The van der Waals surface area contributed by atoms with Crippen LogP contribution in [0.5, 0.6) is 0 Å². The molecule has 0 saturated heterocycles. The van der Waals surface area contributed by atoms with Gasteiger partial charge in [0, 0.05) is 0 Å². The molecule has 1 amide bonds. The minimum atomic E-state index is -3.93. The highest BCUT2D eigenvalue weighted by atomic mass is 32.2. The molecule has 0 bridgehead atoms. The number of hydrogen-bond acceptors (Lipinski definition) is 7. The maximum atomic E-state index is 13.0. The first-order valence-corrected chi connectivity index (χ1v) is 10.8. The van der Waals surface area contributed by atoms with E-state index in [1.165, 1.54) is 24.3 Å². The van der Waals surface area contributed by atoms with Gasteiger partial charge in [-0.3, -0.25) is 0 Å². The van der Waals surface area contributed by atoms with Crippen LogP contribution >= 0.6 is 0 Å². The van der Waals surface area contributed by atoms with Gasteiger partial charge in [-0.15, -0.1) is 5.10 Å². The van der Waals surface area contributed by atoms with Crippen molar-refractivity contribution in [1.29, 1.82) is 0 Å². The summed E-state index contributed by atoms with van der Waals surface area (Å²) in [6.45, 7) is 9.07. The average Bonchev–Trinajstić information content (AvgIpc) is 3.05. The molecule has 0 aliphatic heterocycles. The predicted molar refractivity (Wildman–Crippen MR) is 103 cm³/mol. The number of amides is 1. The zero-order valence-electron chi connectivity index (χ0n) is 17.1. The first-order valence-electron chi connectivity index (χ1n) is 9.16. The van der Waals surface area contributed by atoms with E-state index in [1.54, 1.807) is 20.8 Å². The molecule has 2 aromatic rings. The molecular formula is C19H26FN3O5S. The van der Waals surface area contributed by atoms with Crippen molar-refractivity contribution >= 4 is 15.9 Å². The molecule has 1 aromatic carbocycles. The molecule has 1 aromatic heterocycles. The Hall–Kier alpha value is -2.49. The summed E-state index contributed by atoms with van der Waals surface area (Å²) in [6, 6.07) is 4.39. The van der Waals surface area contributed by atoms with Crippen molar-refractivity contribution in [2.24, 2.45) is 5.92 Å². The van der Waals surface area contributed by atoms with Gasteiger partial charge in [-0.05, 0) is 50.8 Å². The SMILES string of the molecule is CC(C)C[C@@H](NC(=O)OC(C)(C)C)c1nnc(S(=O)(=O)Cc2ccc(F)cc2)o1. The zero-order valence-corrected chi connectivity index (χ0v) is 17.9. The number of benzene rings is 1. The van der Waals surface area contributed by atoms with E-state index in [4.69, 9.17) is 9.15 Å². The Morgan fingerprint density at radius 3 is 2.38 bits per heavy atom. The van der Waals surface area contributed by atoms with Gasteiger partial charge in [0.25, 0.3) is 0 Å². The molecule has 0 aliphatic rings. The van der Waals surface area contributed by atoms with Crippen molar-refractivity contribution in [2.75, 3.05) is 0 Å². The summed E-state index contributed by atoms with van der Waals surface area (Å²) >= 11 is 0. The number of nitrogens with zero attached hydrogens (tertiary/aromatic N) is 2. The lowest BCUT2D eigenvalue weighted by Crippen LogP contribution is -2.35. The van der Waals surface area contributed by atoms with E-state index in [9.17, 15) is 17.6 Å². The van der Waals surface area contributed by atoms with Crippen LogP contribution in [0, 0.1) is 11.7 Å². The monoisotopic (exact) mass is 427 g/mol. The third-order valence-corrected chi connectivity index (χ3v) is 5.06. The zero-order chi connectivity index (χ0) is 21.8. The van der Waals surface area contributed by atoms with E-state index in [-0.39, 0.29) is 11.8 Å². The molecule has 0 unspecified atom stereocenters. The summed E-state index contributed by atoms with van der Waals surface area (Å²) in [5.74, 6) is -0.747. The third-order valence-electron chi connectivity index (χ3n) is 3.65.